The third-order valence-corrected chi connectivity index (χ3v) is 4.75. The molecule has 0 heterocycles. The van der Waals surface area contributed by atoms with Crippen molar-refractivity contribution in [1.82, 2.24) is 5.32 Å². The molecule has 0 aliphatic carbocycles. The van der Waals surface area contributed by atoms with Gasteiger partial charge < -0.3 is 24.6 Å². The van der Waals surface area contributed by atoms with Crippen molar-refractivity contribution in [2.45, 2.75) is 26.6 Å². The van der Waals surface area contributed by atoms with Crippen LogP contribution in [0.4, 0.5) is 10.5 Å². The number of nitrogens with zero attached hydrogens (tertiary/aromatic N) is 1. The van der Waals surface area contributed by atoms with Crippen LogP contribution in [0.5, 0.6) is 5.75 Å². The molecule has 2 aromatic rings. The van der Waals surface area contributed by atoms with Crippen molar-refractivity contribution in [3.8, 4) is 5.75 Å². The fourth-order valence-electron chi connectivity index (χ4n) is 2.65. The minimum Gasteiger partial charge on any atom is -0.497 e. The molecule has 0 aromatic heterocycles. The second kappa shape index (κ2) is 11.5. The van der Waals surface area contributed by atoms with E-state index in [0.717, 1.165) is 0 Å². The van der Waals surface area contributed by atoms with Gasteiger partial charge in [0.15, 0.2) is 0 Å². The number of ether oxygens (including phenoxy) is 3. The van der Waals surface area contributed by atoms with Gasteiger partial charge in [0.05, 0.1) is 23.9 Å². The number of non-ortho nitro benzene ring substituents is 1. The number of carbonyl (C=O) groups is 3. The molecule has 0 fully saturated rings. The summed E-state index contributed by atoms with van der Waals surface area (Å²) in [6, 6.07) is 12.3. The van der Waals surface area contributed by atoms with Crippen LogP contribution in [0.2, 0.25) is 0 Å². The van der Waals surface area contributed by atoms with E-state index >= 15 is 0 Å². The van der Waals surface area contributed by atoms with Gasteiger partial charge in [-0.2, -0.15) is 0 Å². The minimum atomic E-state index is -1.62. The van der Waals surface area contributed by atoms with Gasteiger partial charge >= 0.3 is 18.0 Å². The molecule has 11 nitrogen and oxygen atoms in total. The molecule has 1 atom stereocenters. The Balaban J connectivity index is 1.82. The van der Waals surface area contributed by atoms with Gasteiger partial charge in [-0.25, -0.2) is 4.79 Å². The number of carboxylic acids is 1. The summed E-state index contributed by atoms with van der Waals surface area (Å²) in [5.41, 5.74) is -0.504. The number of nitrogens with one attached hydrogen (secondary N) is 1. The van der Waals surface area contributed by atoms with E-state index in [1.165, 1.54) is 38.3 Å². The lowest BCUT2D eigenvalue weighted by atomic mass is 9.87. The predicted octanol–water partition coefficient (Wildman–Crippen LogP) is 3.05. The molecule has 0 saturated heterocycles. The smallest absolute Gasteiger partial charge is 0.407 e. The maximum atomic E-state index is 12.2. The molecule has 0 bridgehead atoms. The maximum absolute atomic E-state index is 12.2. The van der Waals surface area contributed by atoms with E-state index in [4.69, 9.17) is 14.2 Å². The molecule has 1 amide bonds. The highest BCUT2D eigenvalue weighted by Crippen LogP contribution is 2.22. The largest absolute Gasteiger partial charge is 0.497 e. The van der Waals surface area contributed by atoms with Crippen molar-refractivity contribution in [1.29, 1.82) is 0 Å². The van der Waals surface area contributed by atoms with Gasteiger partial charge in [0.2, 0.25) is 0 Å². The SMILES string of the molecule is COc1ccc(COC(=O)CC(C)(CNC(=O)OCc2ccc([N+](=O)[O-])cc2)C(=O)O)cc1. The molecule has 0 radical (unpaired) electrons. The Labute approximate surface area is 189 Å². The highest BCUT2D eigenvalue weighted by molar-refractivity contribution is 5.82. The second-order valence-electron chi connectivity index (χ2n) is 7.40. The summed E-state index contributed by atoms with van der Waals surface area (Å²) in [6.45, 7) is 0.723. The highest BCUT2D eigenvalue weighted by atomic mass is 16.6. The quantitative estimate of drug-likeness (QED) is 0.292. The van der Waals surface area contributed by atoms with Gasteiger partial charge in [0, 0.05) is 18.7 Å². The number of aliphatic carboxylic acids is 1. The molecule has 2 N–H and O–H groups in total. The number of esters is 1. The van der Waals surface area contributed by atoms with Crippen LogP contribution in [-0.2, 0) is 32.3 Å². The van der Waals surface area contributed by atoms with Crippen molar-refractivity contribution in [2.75, 3.05) is 13.7 Å². The first-order chi connectivity index (χ1) is 15.6. The zero-order valence-electron chi connectivity index (χ0n) is 18.1. The number of rotatable bonds is 11. The third-order valence-electron chi connectivity index (χ3n) is 4.75. The third kappa shape index (κ3) is 7.80. The number of nitro benzene ring substituents is 1. The average molecular weight is 460 g/mol. The first kappa shape index (κ1) is 25.1. The Morgan fingerprint density at radius 1 is 1.00 bits per heavy atom. The fraction of sp³-hybridized carbons (Fsp3) is 0.318. The van der Waals surface area contributed by atoms with Crippen molar-refractivity contribution in [3.05, 3.63) is 69.8 Å². The topological polar surface area (TPSA) is 154 Å². The number of amides is 1. The lowest BCUT2D eigenvalue weighted by Gasteiger charge is -2.24. The van der Waals surface area contributed by atoms with Crippen LogP contribution in [0.15, 0.2) is 48.5 Å². The van der Waals surface area contributed by atoms with Gasteiger partial charge in [-0.3, -0.25) is 19.7 Å². The van der Waals surface area contributed by atoms with E-state index in [9.17, 15) is 29.6 Å². The molecular formula is C22H24N2O9. The van der Waals surface area contributed by atoms with Gasteiger partial charge in [0.1, 0.15) is 19.0 Å². The lowest BCUT2D eigenvalue weighted by molar-refractivity contribution is -0.384. The van der Waals surface area contributed by atoms with E-state index < -0.39 is 34.8 Å². The summed E-state index contributed by atoms with van der Waals surface area (Å²) in [5, 5.41) is 22.5. The zero-order valence-corrected chi connectivity index (χ0v) is 18.1. The van der Waals surface area contributed by atoms with Gasteiger partial charge in [-0.15, -0.1) is 0 Å². The summed E-state index contributed by atoms with van der Waals surface area (Å²) >= 11 is 0. The number of carboxylic acid groups (broad SMARTS) is 1. The van der Waals surface area contributed by atoms with Crippen molar-refractivity contribution in [2.24, 2.45) is 5.41 Å². The molecular weight excluding hydrogens is 436 g/mol. The van der Waals surface area contributed by atoms with E-state index in [-0.39, 0.29) is 25.4 Å². The monoisotopic (exact) mass is 460 g/mol. The van der Waals surface area contributed by atoms with E-state index in [2.05, 4.69) is 5.32 Å². The fourth-order valence-corrected chi connectivity index (χ4v) is 2.65. The van der Waals surface area contributed by atoms with Crippen molar-refractivity contribution < 1.29 is 38.6 Å². The number of hydrogen-bond acceptors (Lipinski definition) is 8. The first-order valence-corrected chi connectivity index (χ1v) is 9.79. The molecule has 2 rings (SSSR count). The Morgan fingerprint density at radius 2 is 1.55 bits per heavy atom. The minimum absolute atomic E-state index is 0.0385. The average Bonchev–Trinajstić information content (AvgIpc) is 2.80. The molecule has 0 saturated carbocycles. The Bertz CT molecular complexity index is 990. The number of benzene rings is 2. The second-order valence-corrected chi connectivity index (χ2v) is 7.40. The molecule has 176 valence electrons. The molecule has 1 unspecified atom stereocenters. The molecule has 33 heavy (non-hydrogen) atoms. The molecule has 2 aromatic carbocycles. The van der Waals surface area contributed by atoms with Crippen molar-refractivity contribution >= 4 is 23.7 Å². The van der Waals surface area contributed by atoms with E-state index in [1.807, 2.05) is 0 Å². The van der Waals surface area contributed by atoms with Crippen LogP contribution in [0.3, 0.4) is 0 Å². The number of methoxy groups -OCH3 is 1. The summed E-state index contributed by atoms with van der Waals surface area (Å²) in [5.74, 6) is -1.38. The summed E-state index contributed by atoms with van der Waals surface area (Å²) in [7, 11) is 1.53. The van der Waals surface area contributed by atoms with Crippen LogP contribution >= 0.6 is 0 Å². The van der Waals surface area contributed by atoms with Crippen molar-refractivity contribution in [3.63, 3.8) is 0 Å². The van der Waals surface area contributed by atoms with Crippen LogP contribution in [0.1, 0.15) is 24.5 Å². The van der Waals surface area contributed by atoms with Crippen LogP contribution in [-0.4, -0.2) is 41.7 Å². The van der Waals surface area contributed by atoms with Crippen LogP contribution < -0.4 is 10.1 Å². The van der Waals surface area contributed by atoms with Gasteiger partial charge in [0.25, 0.3) is 5.69 Å². The Hall–Kier alpha value is -4.15. The lowest BCUT2D eigenvalue weighted by Crippen LogP contribution is -2.42. The van der Waals surface area contributed by atoms with Gasteiger partial charge in [-0.1, -0.05) is 12.1 Å². The highest BCUT2D eigenvalue weighted by Gasteiger charge is 2.37. The molecule has 0 aliphatic heterocycles. The number of nitro groups is 1. The standard InChI is InChI=1S/C22H24N2O9/c1-22(20(26)27,11-19(25)32-12-16-5-9-18(31-2)10-6-16)14-23-21(28)33-13-15-3-7-17(8-4-15)24(29)30/h3-10H,11-14H2,1-2H3,(H,23,28)(H,26,27). The first-order valence-electron chi connectivity index (χ1n) is 9.79. The normalized spacial score (nSPS) is 12.2. The number of hydrogen-bond donors (Lipinski definition) is 2. The number of carbonyl (C=O) groups excluding carboxylic acids is 2. The zero-order chi connectivity index (χ0) is 24.4. The van der Waals surface area contributed by atoms with Gasteiger partial charge in [-0.05, 0) is 42.3 Å². The van der Waals surface area contributed by atoms with E-state index in [1.54, 1.807) is 24.3 Å². The summed E-state index contributed by atoms with van der Waals surface area (Å²) in [6.07, 6.45) is -1.37. The summed E-state index contributed by atoms with van der Waals surface area (Å²) in [4.78, 5) is 45.9. The Morgan fingerprint density at radius 3 is 2.06 bits per heavy atom. The van der Waals surface area contributed by atoms with Crippen LogP contribution in [0.25, 0.3) is 0 Å². The van der Waals surface area contributed by atoms with Crippen LogP contribution in [0, 0.1) is 15.5 Å². The number of alkyl carbamates (subject to hydrolysis) is 1. The summed E-state index contributed by atoms with van der Waals surface area (Å²) < 4.78 is 15.2. The molecule has 0 spiro atoms. The Kier molecular flexibility index (Phi) is 8.72. The molecule has 11 heteroatoms. The van der Waals surface area contributed by atoms with E-state index in [0.29, 0.717) is 16.9 Å². The predicted molar refractivity (Wildman–Crippen MR) is 114 cm³/mol. The maximum Gasteiger partial charge on any atom is 0.407 e. The molecule has 0 aliphatic rings.